The fourth-order valence-electron chi connectivity index (χ4n) is 2.08. The Labute approximate surface area is 107 Å². The van der Waals surface area contributed by atoms with Crippen molar-refractivity contribution in [2.24, 2.45) is 5.73 Å². The highest BCUT2D eigenvalue weighted by atomic mass is 16.5. The van der Waals surface area contributed by atoms with Crippen molar-refractivity contribution < 1.29 is 9.53 Å². The molecule has 18 heavy (non-hydrogen) atoms. The van der Waals surface area contributed by atoms with E-state index in [9.17, 15) is 4.79 Å². The van der Waals surface area contributed by atoms with Gasteiger partial charge in [-0.25, -0.2) is 0 Å². The number of ether oxygens (including phenoxy) is 1. The largest absolute Gasteiger partial charge is 0.399 e. The summed E-state index contributed by atoms with van der Waals surface area (Å²) in [5, 5.41) is 0. The fourth-order valence-corrected chi connectivity index (χ4v) is 2.08. The van der Waals surface area contributed by atoms with Crippen molar-refractivity contribution in [2.45, 2.75) is 6.42 Å². The van der Waals surface area contributed by atoms with Gasteiger partial charge in [-0.2, -0.15) is 0 Å². The molecule has 5 heteroatoms. The predicted octanol–water partition coefficient (Wildman–Crippen LogP) is 0.242. The molecule has 1 fully saturated rings. The maximum atomic E-state index is 11.1. The molecule has 0 bridgehead atoms. The van der Waals surface area contributed by atoms with Gasteiger partial charge in [0, 0.05) is 30.9 Å². The molecular formula is C13H19N3O2. The highest BCUT2D eigenvalue weighted by Gasteiger charge is 2.11. The topological polar surface area (TPSA) is 81.6 Å². The quantitative estimate of drug-likeness (QED) is 0.749. The van der Waals surface area contributed by atoms with E-state index < -0.39 is 5.91 Å². The number of primary amides is 1. The number of amides is 1. The Kier molecular flexibility index (Phi) is 4.17. The van der Waals surface area contributed by atoms with Crippen LogP contribution in [0.1, 0.15) is 15.9 Å². The van der Waals surface area contributed by atoms with Gasteiger partial charge in [0.15, 0.2) is 0 Å². The average Bonchev–Trinajstić information content (AvgIpc) is 2.38. The molecule has 1 saturated heterocycles. The van der Waals surface area contributed by atoms with Crippen LogP contribution in [0.15, 0.2) is 18.2 Å². The van der Waals surface area contributed by atoms with E-state index >= 15 is 0 Å². The summed E-state index contributed by atoms with van der Waals surface area (Å²) in [7, 11) is 0. The van der Waals surface area contributed by atoms with Crippen LogP contribution in [0.4, 0.5) is 5.69 Å². The van der Waals surface area contributed by atoms with Crippen LogP contribution in [0, 0.1) is 0 Å². The van der Waals surface area contributed by atoms with Crippen LogP contribution >= 0.6 is 0 Å². The summed E-state index contributed by atoms with van der Waals surface area (Å²) in [6.45, 7) is 4.41. The van der Waals surface area contributed by atoms with Gasteiger partial charge < -0.3 is 16.2 Å². The molecule has 5 nitrogen and oxygen atoms in total. The third-order valence-electron chi connectivity index (χ3n) is 3.23. The van der Waals surface area contributed by atoms with Gasteiger partial charge in [-0.15, -0.1) is 0 Å². The number of nitrogens with two attached hydrogens (primary N) is 2. The Balaban J connectivity index is 1.99. The molecule has 0 saturated carbocycles. The summed E-state index contributed by atoms with van der Waals surface area (Å²) in [4.78, 5) is 13.5. The zero-order valence-electron chi connectivity index (χ0n) is 10.4. The van der Waals surface area contributed by atoms with Crippen LogP contribution in [0.5, 0.6) is 0 Å². The fraction of sp³-hybridized carbons (Fsp3) is 0.462. The zero-order valence-corrected chi connectivity index (χ0v) is 10.4. The van der Waals surface area contributed by atoms with Gasteiger partial charge in [0.05, 0.1) is 13.2 Å². The third-order valence-corrected chi connectivity index (χ3v) is 3.23. The normalized spacial score (nSPS) is 16.7. The third kappa shape index (κ3) is 3.21. The number of carbonyl (C=O) groups excluding carboxylic acids is 1. The molecule has 1 heterocycles. The Morgan fingerprint density at radius 2 is 2.06 bits per heavy atom. The van der Waals surface area contributed by atoms with E-state index in [1.54, 1.807) is 18.2 Å². The van der Waals surface area contributed by atoms with E-state index in [1.807, 2.05) is 0 Å². The number of morpholine rings is 1. The van der Waals surface area contributed by atoms with E-state index in [2.05, 4.69) is 4.90 Å². The van der Waals surface area contributed by atoms with Gasteiger partial charge in [-0.1, -0.05) is 0 Å². The molecule has 98 valence electrons. The standard InChI is InChI=1S/C13H19N3O2/c14-12-2-1-11(13(15)17)9-10(12)3-4-16-5-7-18-8-6-16/h1-2,9H,3-8,14H2,(H2,15,17). The molecule has 0 aromatic heterocycles. The van der Waals surface area contributed by atoms with Gasteiger partial charge in [0.25, 0.3) is 0 Å². The first-order valence-corrected chi connectivity index (χ1v) is 6.15. The van der Waals surface area contributed by atoms with Gasteiger partial charge in [0.2, 0.25) is 5.91 Å². The van der Waals surface area contributed by atoms with Crippen LogP contribution < -0.4 is 11.5 Å². The molecule has 1 aliphatic rings. The van der Waals surface area contributed by atoms with Gasteiger partial charge in [-0.3, -0.25) is 9.69 Å². The smallest absolute Gasteiger partial charge is 0.248 e. The van der Waals surface area contributed by atoms with E-state index in [0.29, 0.717) is 11.3 Å². The molecule has 0 aliphatic carbocycles. The first kappa shape index (κ1) is 12.9. The maximum Gasteiger partial charge on any atom is 0.248 e. The average molecular weight is 249 g/mol. The Morgan fingerprint density at radius 1 is 1.33 bits per heavy atom. The molecule has 0 radical (unpaired) electrons. The number of rotatable bonds is 4. The van der Waals surface area contributed by atoms with Crippen LogP contribution in [0.2, 0.25) is 0 Å². The molecule has 1 aromatic rings. The van der Waals surface area contributed by atoms with E-state index in [4.69, 9.17) is 16.2 Å². The first-order chi connectivity index (χ1) is 8.66. The highest BCUT2D eigenvalue weighted by molar-refractivity contribution is 5.93. The predicted molar refractivity (Wildman–Crippen MR) is 70.3 cm³/mol. The van der Waals surface area contributed by atoms with Crippen LogP contribution in [-0.4, -0.2) is 43.7 Å². The van der Waals surface area contributed by atoms with Crippen LogP contribution in [0.3, 0.4) is 0 Å². The summed E-state index contributed by atoms with van der Waals surface area (Å²) >= 11 is 0. The van der Waals surface area contributed by atoms with E-state index in [0.717, 1.165) is 44.8 Å². The monoisotopic (exact) mass is 249 g/mol. The minimum absolute atomic E-state index is 0.414. The molecule has 0 spiro atoms. The van der Waals surface area contributed by atoms with Crippen LogP contribution in [0.25, 0.3) is 0 Å². The van der Waals surface area contributed by atoms with Gasteiger partial charge >= 0.3 is 0 Å². The molecule has 0 atom stereocenters. The number of anilines is 1. The molecule has 1 aromatic carbocycles. The summed E-state index contributed by atoms with van der Waals surface area (Å²) in [5.74, 6) is -0.414. The lowest BCUT2D eigenvalue weighted by molar-refractivity contribution is 0.0384. The second-order valence-electron chi connectivity index (χ2n) is 4.48. The molecular weight excluding hydrogens is 230 g/mol. The van der Waals surface area contributed by atoms with Crippen LogP contribution in [-0.2, 0) is 11.2 Å². The number of carbonyl (C=O) groups is 1. The minimum Gasteiger partial charge on any atom is -0.399 e. The lowest BCUT2D eigenvalue weighted by Crippen LogP contribution is -2.37. The van der Waals surface area contributed by atoms with Crippen molar-refractivity contribution in [3.05, 3.63) is 29.3 Å². The Bertz CT molecular complexity index is 428. The number of hydrogen-bond donors (Lipinski definition) is 2. The van der Waals surface area contributed by atoms with Crippen molar-refractivity contribution in [3.8, 4) is 0 Å². The van der Waals surface area contributed by atoms with Crippen molar-refractivity contribution in [3.63, 3.8) is 0 Å². The Hall–Kier alpha value is -1.59. The maximum absolute atomic E-state index is 11.1. The molecule has 1 aliphatic heterocycles. The second kappa shape index (κ2) is 5.84. The van der Waals surface area contributed by atoms with E-state index in [-0.39, 0.29) is 0 Å². The van der Waals surface area contributed by atoms with Crippen molar-refractivity contribution in [1.29, 1.82) is 0 Å². The van der Waals surface area contributed by atoms with Gasteiger partial charge in [0.1, 0.15) is 0 Å². The lowest BCUT2D eigenvalue weighted by Gasteiger charge is -2.26. The summed E-state index contributed by atoms with van der Waals surface area (Å²) < 4.78 is 5.30. The lowest BCUT2D eigenvalue weighted by atomic mass is 10.1. The second-order valence-corrected chi connectivity index (χ2v) is 4.48. The van der Waals surface area contributed by atoms with Crippen molar-refractivity contribution in [1.82, 2.24) is 4.90 Å². The number of benzene rings is 1. The van der Waals surface area contributed by atoms with Gasteiger partial charge in [-0.05, 0) is 30.2 Å². The highest BCUT2D eigenvalue weighted by Crippen LogP contribution is 2.15. The molecule has 4 N–H and O–H groups in total. The number of nitrogen functional groups attached to an aromatic ring is 1. The summed E-state index contributed by atoms with van der Waals surface area (Å²) in [6.07, 6.45) is 0.826. The van der Waals surface area contributed by atoms with Crippen molar-refractivity contribution in [2.75, 3.05) is 38.6 Å². The first-order valence-electron chi connectivity index (χ1n) is 6.15. The number of hydrogen-bond acceptors (Lipinski definition) is 4. The Morgan fingerprint density at radius 3 is 2.72 bits per heavy atom. The SMILES string of the molecule is NC(=O)c1ccc(N)c(CCN2CCOCC2)c1. The molecule has 0 unspecified atom stereocenters. The summed E-state index contributed by atoms with van der Waals surface area (Å²) in [6, 6.07) is 5.20. The minimum atomic E-state index is -0.414. The van der Waals surface area contributed by atoms with E-state index in [1.165, 1.54) is 0 Å². The zero-order chi connectivity index (χ0) is 13.0. The number of nitrogens with zero attached hydrogens (tertiary/aromatic N) is 1. The molecule has 2 rings (SSSR count). The molecule has 1 amide bonds. The summed E-state index contributed by atoms with van der Waals surface area (Å²) in [5.41, 5.74) is 13.4. The van der Waals surface area contributed by atoms with Crippen molar-refractivity contribution >= 4 is 11.6 Å².